The molecule has 32 heavy (non-hydrogen) atoms. The predicted molar refractivity (Wildman–Crippen MR) is 121 cm³/mol. The molecule has 1 aliphatic heterocycles. The van der Waals surface area contributed by atoms with E-state index in [1.807, 2.05) is 56.3 Å². The molecule has 0 saturated carbocycles. The van der Waals surface area contributed by atoms with E-state index in [0.29, 0.717) is 42.6 Å². The minimum atomic E-state index is -0.242. The minimum Gasteiger partial charge on any atom is -0.493 e. The number of carbonyl (C=O) groups is 1. The Morgan fingerprint density at radius 1 is 1.22 bits per heavy atom. The third-order valence-corrected chi connectivity index (χ3v) is 5.41. The van der Waals surface area contributed by atoms with E-state index in [1.165, 1.54) is 0 Å². The molecule has 3 aromatic rings. The molecule has 7 nitrogen and oxygen atoms in total. The normalized spacial score (nSPS) is 15.9. The molecule has 4 rings (SSSR count). The highest BCUT2D eigenvalue weighted by molar-refractivity contribution is 5.79. The molecule has 1 aromatic heterocycles. The van der Waals surface area contributed by atoms with Crippen molar-refractivity contribution in [2.45, 2.75) is 45.4 Å². The Morgan fingerprint density at radius 2 is 2.00 bits per heavy atom. The number of methoxy groups -OCH3 is 1. The van der Waals surface area contributed by atoms with Gasteiger partial charge in [-0.2, -0.15) is 4.98 Å². The summed E-state index contributed by atoms with van der Waals surface area (Å²) in [5.74, 6) is 2.23. The van der Waals surface area contributed by atoms with Gasteiger partial charge in [0.2, 0.25) is 17.6 Å². The summed E-state index contributed by atoms with van der Waals surface area (Å²) in [7, 11) is 1.59. The van der Waals surface area contributed by atoms with E-state index in [4.69, 9.17) is 14.0 Å². The fraction of sp³-hybridized carbons (Fsp3) is 0.320. The fourth-order valence-electron chi connectivity index (χ4n) is 3.79. The van der Waals surface area contributed by atoms with Gasteiger partial charge in [-0.3, -0.25) is 4.79 Å². The molecule has 1 unspecified atom stereocenters. The molecule has 0 N–H and O–H groups in total. The van der Waals surface area contributed by atoms with Gasteiger partial charge in [-0.1, -0.05) is 42.1 Å². The van der Waals surface area contributed by atoms with E-state index in [-0.39, 0.29) is 18.1 Å². The van der Waals surface area contributed by atoms with E-state index < -0.39 is 0 Å². The second kappa shape index (κ2) is 9.26. The molecule has 1 fully saturated rings. The zero-order valence-corrected chi connectivity index (χ0v) is 18.6. The molecule has 1 atom stereocenters. The van der Waals surface area contributed by atoms with Crippen LogP contribution in [0.3, 0.4) is 0 Å². The highest BCUT2D eigenvalue weighted by atomic mass is 16.5. The maximum Gasteiger partial charge on any atom is 0.249 e. The molecule has 166 valence electrons. The van der Waals surface area contributed by atoms with Gasteiger partial charge in [0.1, 0.15) is 6.04 Å². The largest absolute Gasteiger partial charge is 0.493 e. The topological polar surface area (TPSA) is 77.7 Å². The first-order valence-corrected chi connectivity index (χ1v) is 10.7. The Labute approximate surface area is 187 Å². The Morgan fingerprint density at radius 3 is 2.69 bits per heavy atom. The van der Waals surface area contributed by atoms with Crippen LogP contribution in [0.2, 0.25) is 0 Å². The Balaban J connectivity index is 1.55. The number of amides is 1. The zero-order chi connectivity index (χ0) is 22.7. The number of nitrogens with zero attached hydrogens (tertiary/aromatic N) is 3. The maximum absolute atomic E-state index is 12.6. The monoisotopic (exact) mass is 433 g/mol. The van der Waals surface area contributed by atoms with Crippen LogP contribution >= 0.6 is 0 Å². The van der Waals surface area contributed by atoms with Crippen LogP contribution in [-0.4, -0.2) is 34.2 Å². The van der Waals surface area contributed by atoms with Gasteiger partial charge in [-0.15, -0.1) is 0 Å². The zero-order valence-electron chi connectivity index (χ0n) is 18.6. The van der Waals surface area contributed by atoms with E-state index in [0.717, 1.165) is 16.7 Å². The summed E-state index contributed by atoms with van der Waals surface area (Å²) in [6, 6.07) is 13.3. The first-order chi connectivity index (χ1) is 15.5. The van der Waals surface area contributed by atoms with Crippen LogP contribution in [0.25, 0.3) is 17.5 Å². The smallest absolute Gasteiger partial charge is 0.249 e. The van der Waals surface area contributed by atoms with Crippen molar-refractivity contribution in [1.29, 1.82) is 0 Å². The van der Waals surface area contributed by atoms with Gasteiger partial charge < -0.3 is 18.9 Å². The molecule has 7 heteroatoms. The molecule has 2 aromatic carbocycles. The van der Waals surface area contributed by atoms with Crippen LogP contribution in [0.1, 0.15) is 49.7 Å². The van der Waals surface area contributed by atoms with Gasteiger partial charge >= 0.3 is 0 Å². The standard InChI is InChI=1S/C25H27N3O4/c1-5-17-6-8-18(9-7-17)15-28-20(11-13-23(28)29)25-26-24(27-32-25)19-10-12-21(31-16(2)3)22(14-19)30-4/h5-10,12,14,16,20H,1,11,13,15H2,2-4H3. The number of hydrogen-bond donors (Lipinski definition) is 0. The van der Waals surface area contributed by atoms with Gasteiger partial charge in [0.25, 0.3) is 0 Å². The molecule has 1 amide bonds. The van der Waals surface area contributed by atoms with E-state index >= 15 is 0 Å². The average molecular weight is 434 g/mol. The summed E-state index contributed by atoms with van der Waals surface area (Å²) < 4.78 is 16.8. The Bertz CT molecular complexity index is 1100. The molecule has 0 spiro atoms. The lowest BCUT2D eigenvalue weighted by Gasteiger charge is -2.22. The van der Waals surface area contributed by atoms with Gasteiger partial charge in [-0.05, 0) is 49.6 Å². The van der Waals surface area contributed by atoms with Gasteiger partial charge in [0.15, 0.2) is 11.5 Å². The number of benzene rings is 2. The Kier molecular flexibility index (Phi) is 6.25. The van der Waals surface area contributed by atoms with Crippen LogP contribution < -0.4 is 9.47 Å². The number of ether oxygens (including phenoxy) is 2. The maximum atomic E-state index is 12.6. The molecule has 0 aliphatic carbocycles. The van der Waals surface area contributed by atoms with Crippen LogP contribution in [-0.2, 0) is 11.3 Å². The van der Waals surface area contributed by atoms with Crippen LogP contribution in [0.15, 0.2) is 53.6 Å². The number of hydrogen-bond acceptors (Lipinski definition) is 6. The lowest BCUT2D eigenvalue weighted by molar-refractivity contribution is -0.129. The van der Waals surface area contributed by atoms with Crippen molar-refractivity contribution >= 4 is 12.0 Å². The minimum absolute atomic E-state index is 0.0328. The third-order valence-electron chi connectivity index (χ3n) is 5.41. The predicted octanol–water partition coefficient (Wildman–Crippen LogP) is 5.04. The van der Waals surface area contributed by atoms with Crippen molar-refractivity contribution in [2.75, 3.05) is 7.11 Å². The summed E-state index contributed by atoms with van der Waals surface area (Å²) >= 11 is 0. The highest BCUT2D eigenvalue weighted by Gasteiger charge is 2.36. The quantitative estimate of drug-likeness (QED) is 0.495. The first kappa shape index (κ1) is 21.6. The third kappa shape index (κ3) is 4.51. The molecule has 0 radical (unpaired) electrons. The number of rotatable bonds is 8. The van der Waals surface area contributed by atoms with Crippen molar-refractivity contribution in [3.05, 3.63) is 66.1 Å². The van der Waals surface area contributed by atoms with Crippen molar-refractivity contribution in [3.63, 3.8) is 0 Å². The first-order valence-electron chi connectivity index (χ1n) is 10.7. The van der Waals surface area contributed by atoms with Gasteiger partial charge in [0.05, 0.1) is 13.2 Å². The molecule has 1 saturated heterocycles. The van der Waals surface area contributed by atoms with Crippen molar-refractivity contribution in [1.82, 2.24) is 15.0 Å². The molecule has 2 heterocycles. The second-order valence-corrected chi connectivity index (χ2v) is 8.01. The van der Waals surface area contributed by atoms with Crippen molar-refractivity contribution in [2.24, 2.45) is 0 Å². The number of likely N-dealkylation sites (tertiary alicyclic amines) is 1. The molecule has 1 aliphatic rings. The van der Waals surface area contributed by atoms with E-state index in [2.05, 4.69) is 16.7 Å². The van der Waals surface area contributed by atoms with Crippen LogP contribution in [0.4, 0.5) is 0 Å². The SMILES string of the molecule is C=Cc1ccc(CN2C(=O)CCC2c2nc(-c3ccc(OC(C)C)c(OC)c3)no2)cc1. The summed E-state index contributed by atoms with van der Waals surface area (Å²) in [4.78, 5) is 19.0. The molecular weight excluding hydrogens is 406 g/mol. The van der Waals surface area contributed by atoms with Gasteiger partial charge in [-0.25, -0.2) is 0 Å². The fourth-order valence-corrected chi connectivity index (χ4v) is 3.79. The van der Waals surface area contributed by atoms with Crippen LogP contribution in [0.5, 0.6) is 11.5 Å². The average Bonchev–Trinajstić information content (AvgIpc) is 3.41. The highest BCUT2D eigenvalue weighted by Crippen LogP contribution is 2.36. The molecule has 0 bridgehead atoms. The van der Waals surface area contributed by atoms with E-state index in [9.17, 15) is 4.79 Å². The lowest BCUT2D eigenvalue weighted by atomic mass is 10.1. The summed E-state index contributed by atoms with van der Waals surface area (Å²) in [5, 5.41) is 4.15. The molecular formula is C25H27N3O4. The summed E-state index contributed by atoms with van der Waals surface area (Å²) in [6.45, 7) is 8.19. The van der Waals surface area contributed by atoms with Crippen molar-refractivity contribution in [3.8, 4) is 22.9 Å². The summed E-state index contributed by atoms with van der Waals surface area (Å²) in [5.41, 5.74) is 2.84. The number of aromatic nitrogens is 2. The van der Waals surface area contributed by atoms with Crippen molar-refractivity contribution < 1.29 is 18.8 Å². The summed E-state index contributed by atoms with van der Waals surface area (Å²) in [6.07, 6.45) is 2.94. The lowest BCUT2D eigenvalue weighted by Crippen LogP contribution is -2.27. The van der Waals surface area contributed by atoms with Gasteiger partial charge in [0, 0.05) is 18.5 Å². The van der Waals surface area contributed by atoms with E-state index in [1.54, 1.807) is 18.1 Å². The second-order valence-electron chi connectivity index (χ2n) is 8.01. The number of carbonyl (C=O) groups excluding carboxylic acids is 1. The van der Waals surface area contributed by atoms with Crippen LogP contribution in [0, 0.1) is 0 Å². The Hall–Kier alpha value is -3.61.